The molecule has 6 heteroatoms. The van der Waals surface area contributed by atoms with Gasteiger partial charge in [-0.3, -0.25) is 4.79 Å². The van der Waals surface area contributed by atoms with Crippen molar-refractivity contribution in [1.29, 1.82) is 0 Å². The summed E-state index contributed by atoms with van der Waals surface area (Å²) in [5, 5.41) is 4.41. The second kappa shape index (κ2) is 5.44. The summed E-state index contributed by atoms with van der Waals surface area (Å²) in [5.41, 5.74) is 9.10. The average Bonchev–Trinajstić information content (AvgIpc) is 2.73. The van der Waals surface area contributed by atoms with Gasteiger partial charge in [0.1, 0.15) is 0 Å². The fraction of sp³-hybridized carbons (Fsp3) is 0.533. The fourth-order valence-electron chi connectivity index (χ4n) is 2.91. The van der Waals surface area contributed by atoms with E-state index in [-0.39, 0.29) is 11.9 Å². The number of carbonyl (C=O) groups is 1. The zero-order valence-electron chi connectivity index (χ0n) is 12.5. The van der Waals surface area contributed by atoms with E-state index in [4.69, 9.17) is 5.73 Å². The second-order valence-electron chi connectivity index (χ2n) is 5.85. The highest BCUT2D eigenvalue weighted by Crippen LogP contribution is 2.14. The van der Waals surface area contributed by atoms with Crippen LogP contribution in [0.2, 0.25) is 0 Å². The van der Waals surface area contributed by atoms with E-state index in [0.717, 1.165) is 42.8 Å². The molecule has 2 N–H and O–H groups in total. The lowest BCUT2D eigenvalue weighted by molar-refractivity contribution is 0.0749. The molecular weight excluding hydrogens is 266 g/mol. The van der Waals surface area contributed by atoms with Gasteiger partial charge in [-0.05, 0) is 32.8 Å². The summed E-state index contributed by atoms with van der Waals surface area (Å²) < 4.78 is 1.72. The maximum atomic E-state index is 12.6. The molecule has 1 amide bonds. The number of amides is 1. The first-order chi connectivity index (χ1) is 10.0. The van der Waals surface area contributed by atoms with E-state index in [2.05, 4.69) is 10.1 Å². The Morgan fingerprint density at radius 2 is 2.14 bits per heavy atom. The van der Waals surface area contributed by atoms with Gasteiger partial charge in [0.25, 0.3) is 5.91 Å². The van der Waals surface area contributed by atoms with Crippen LogP contribution in [0.15, 0.2) is 12.1 Å². The van der Waals surface area contributed by atoms with E-state index in [1.165, 1.54) is 0 Å². The van der Waals surface area contributed by atoms with Crippen LogP contribution in [0.5, 0.6) is 0 Å². The predicted molar refractivity (Wildman–Crippen MR) is 80.2 cm³/mol. The first kappa shape index (κ1) is 14.0. The number of rotatable bonds is 1. The number of nitrogens with zero attached hydrogens (tertiary/aromatic N) is 4. The Balaban J connectivity index is 1.92. The molecule has 112 valence electrons. The number of nitrogens with two attached hydrogens (primary N) is 1. The minimum atomic E-state index is -0.0464. The summed E-state index contributed by atoms with van der Waals surface area (Å²) in [6, 6.07) is 3.78. The van der Waals surface area contributed by atoms with E-state index in [1.807, 2.05) is 24.8 Å². The van der Waals surface area contributed by atoms with Crippen LogP contribution in [0.3, 0.4) is 0 Å². The molecular formula is C15H21N5O. The number of carbonyl (C=O) groups excluding carboxylic acids is 1. The quantitative estimate of drug-likeness (QED) is 0.857. The molecule has 2 aromatic heterocycles. The van der Waals surface area contributed by atoms with Gasteiger partial charge in [0.05, 0.1) is 0 Å². The van der Waals surface area contributed by atoms with Crippen LogP contribution in [0.1, 0.15) is 41.1 Å². The lowest BCUT2D eigenvalue weighted by Gasteiger charge is -2.21. The molecule has 1 saturated heterocycles. The van der Waals surface area contributed by atoms with Crippen molar-refractivity contribution in [1.82, 2.24) is 19.5 Å². The Morgan fingerprint density at radius 3 is 2.95 bits per heavy atom. The molecule has 3 rings (SSSR count). The highest BCUT2D eigenvalue weighted by molar-refractivity contribution is 5.93. The maximum absolute atomic E-state index is 12.6. The lowest BCUT2D eigenvalue weighted by atomic mass is 10.2. The van der Waals surface area contributed by atoms with Crippen molar-refractivity contribution in [3.8, 4) is 0 Å². The van der Waals surface area contributed by atoms with Gasteiger partial charge >= 0.3 is 0 Å². The molecule has 0 saturated carbocycles. The van der Waals surface area contributed by atoms with Crippen molar-refractivity contribution in [2.75, 3.05) is 13.1 Å². The van der Waals surface area contributed by atoms with Crippen LogP contribution in [-0.2, 0) is 0 Å². The van der Waals surface area contributed by atoms with E-state index in [1.54, 1.807) is 10.6 Å². The summed E-state index contributed by atoms with van der Waals surface area (Å²) in [7, 11) is 0. The second-order valence-corrected chi connectivity index (χ2v) is 5.85. The smallest absolute Gasteiger partial charge is 0.274 e. The van der Waals surface area contributed by atoms with Crippen LogP contribution >= 0.6 is 0 Å². The molecule has 0 aliphatic carbocycles. The maximum Gasteiger partial charge on any atom is 0.274 e. The van der Waals surface area contributed by atoms with Gasteiger partial charge in [-0.1, -0.05) is 6.42 Å². The van der Waals surface area contributed by atoms with Gasteiger partial charge < -0.3 is 10.6 Å². The number of likely N-dealkylation sites (tertiary alicyclic amines) is 1. The van der Waals surface area contributed by atoms with Crippen LogP contribution in [0.4, 0.5) is 0 Å². The molecule has 6 nitrogen and oxygen atoms in total. The van der Waals surface area contributed by atoms with Gasteiger partial charge in [0, 0.05) is 36.6 Å². The summed E-state index contributed by atoms with van der Waals surface area (Å²) in [6.07, 6.45) is 3.06. The number of aryl methyl sites for hydroxylation is 2. The number of fused-ring (bicyclic) bond motifs is 1. The molecule has 0 radical (unpaired) electrons. The molecule has 0 aromatic carbocycles. The van der Waals surface area contributed by atoms with E-state index < -0.39 is 0 Å². The van der Waals surface area contributed by atoms with Crippen molar-refractivity contribution in [2.24, 2.45) is 5.73 Å². The molecule has 1 aliphatic heterocycles. The molecule has 1 fully saturated rings. The molecule has 1 atom stereocenters. The minimum Gasteiger partial charge on any atom is -0.336 e. The topological polar surface area (TPSA) is 76.5 Å². The van der Waals surface area contributed by atoms with Gasteiger partial charge in [-0.2, -0.15) is 5.10 Å². The van der Waals surface area contributed by atoms with Gasteiger partial charge in [0.15, 0.2) is 11.3 Å². The summed E-state index contributed by atoms with van der Waals surface area (Å²) in [6.45, 7) is 5.27. The first-order valence-corrected chi connectivity index (χ1v) is 7.43. The zero-order valence-corrected chi connectivity index (χ0v) is 12.5. The van der Waals surface area contributed by atoms with Crippen molar-refractivity contribution >= 4 is 11.6 Å². The van der Waals surface area contributed by atoms with Crippen molar-refractivity contribution in [3.05, 3.63) is 29.2 Å². The van der Waals surface area contributed by atoms with Crippen molar-refractivity contribution in [3.63, 3.8) is 0 Å². The number of hydrogen-bond acceptors (Lipinski definition) is 4. The average molecular weight is 287 g/mol. The molecule has 0 spiro atoms. The van der Waals surface area contributed by atoms with Crippen molar-refractivity contribution in [2.45, 2.75) is 39.2 Å². The van der Waals surface area contributed by atoms with Crippen LogP contribution < -0.4 is 5.73 Å². The third kappa shape index (κ3) is 2.76. The SMILES string of the molecule is Cc1cc(C)n2nc(C(=O)N3CCCC[C@@H](N)C3)cc2n1. The van der Waals surface area contributed by atoms with Gasteiger partial charge in [-0.25, -0.2) is 9.50 Å². The first-order valence-electron chi connectivity index (χ1n) is 7.43. The van der Waals surface area contributed by atoms with Gasteiger partial charge in [-0.15, -0.1) is 0 Å². The van der Waals surface area contributed by atoms with Crippen LogP contribution in [0, 0.1) is 13.8 Å². The summed E-state index contributed by atoms with van der Waals surface area (Å²) >= 11 is 0. The Bertz CT molecular complexity index is 678. The molecule has 3 heterocycles. The standard InChI is InChI=1S/C15H21N5O/c1-10-7-11(2)20-14(17-10)8-13(18-20)15(21)19-6-4-3-5-12(16)9-19/h7-8,12H,3-6,9,16H2,1-2H3/t12-/m1/s1. The summed E-state index contributed by atoms with van der Waals surface area (Å²) in [5.74, 6) is -0.0464. The number of hydrogen-bond donors (Lipinski definition) is 1. The molecule has 0 unspecified atom stereocenters. The van der Waals surface area contributed by atoms with E-state index in [9.17, 15) is 4.79 Å². The Hall–Kier alpha value is -1.95. The third-order valence-electron chi connectivity index (χ3n) is 3.95. The van der Waals surface area contributed by atoms with Crippen LogP contribution in [0.25, 0.3) is 5.65 Å². The largest absolute Gasteiger partial charge is 0.336 e. The van der Waals surface area contributed by atoms with Gasteiger partial charge in [0.2, 0.25) is 0 Å². The van der Waals surface area contributed by atoms with E-state index in [0.29, 0.717) is 12.2 Å². The zero-order chi connectivity index (χ0) is 15.0. The Morgan fingerprint density at radius 1 is 1.33 bits per heavy atom. The highest BCUT2D eigenvalue weighted by atomic mass is 16.2. The Labute approximate surface area is 123 Å². The minimum absolute atomic E-state index is 0.0464. The molecule has 2 aromatic rings. The summed E-state index contributed by atoms with van der Waals surface area (Å²) in [4.78, 5) is 18.9. The predicted octanol–water partition coefficient (Wildman–Crippen LogP) is 1.30. The molecule has 0 bridgehead atoms. The van der Waals surface area contributed by atoms with Crippen molar-refractivity contribution < 1.29 is 4.79 Å². The lowest BCUT2D eigenvalue weighted by Crippen LogP contribution is -2.39. The molecule has 21 heavy (non-hydrogen) atoms. The van der Waals surface area contributed by atoms with E-state index >= 15 is 0 Å². The monoisotopic (exact) mass is 287 g/mol. The molecule has 1 aliphatic rings. The number of aromatic nitrogens is 3. The van der Waals surface area contributed by atoms with Crippen LogP contribution in [-0.4, -0.2) is 44.5 Å². The normalized spacial score (nSPS) is 19.8. The fourth-order valence-corrected chi connectivity index (χ4v) is 2.91. The Kier molecular flexibility index (Phi) is 3.63. The highest BCUT2D eigenvalue weighted by Gasteiger charge is 2.23. The third-order valence-corrected chi connectivity index (χ3v) is 3.95.